The number of halogens is 3. The largest absolute Gasteiger partial charge is 0.573 e. The van der Waals surface area contributed by atoms with E-state index in [-0.39, 0.29) is 41.4 Å². The molecule has 2 heterocycles. The summed E-state index contributed by atoms with van der Waals surface area (Å²) < 4.78 is 43.2. The van der Waals surface area contributed by atoms with Gasteiger partial charge in [0.05, 0.1) is 11.3 Å². The van der Waals surface area contributed by atoms with Crippen LogP contribution in [0.15, 0.2) is 72.8 Å². The number of ether oxygens (including phenoxy) is 1. The zero-order valence-electron chi connectivity index (χ0n) is 28.2. The van der Waals surface area contributed by atoms with Gasteiger partial charge in [0.1, 0.15) is 12.0 Å². The molecule has 0 unspecified atom stereocenters. The van der Waals surface area contributed by atoms with Crippen molar-refractivity contribution in [3.05, 3.63) is 106 Å². The van der Waals surface area contributed by atoms with Gasteiger partial charge in [-0.15, -0.1) is 13.2 Å². The van der Waals surface area contributed by atoms with Gasteiger partial charge in [-0.3, -0.25) is 14.4 Å². The number of carbonyl (C=O) groups excluding carboxylic acids is 3. The molecule has 0 fully saturated rings. The van der Waals surface area contributed by atoms with E-state index in [0.29, 0.717) is 24.5 Å². The summed E-state index contributed by atoms with van der Waals surface area (Å²) in [5, 5.41) is 18.4. The summed E-state index contributed by atoms with van der Waals surface area (Å²) in [6.07, 6.45) is -2.19. The van der Waals surface area contributed by atoms with E-state index >= 15 is 0 Å². The molecule has 2 N–H and O–H groups in total. The summed E-state index contributed by atoms with van der Waals surface area (Å²) in [6, 6.07) is 18.2. The van der Waals surface area contributed by atoms with Gasteiger partial charge in [0, 0.05) is 43.0 Å². The highest BCUT2D eigenvalue weighted by atomic mass is 19.4. The van der Waals surface area contributed by atoms with Gasteiger partial charge in [-0.2, -0.15) is 5.10 Å². The maximum atomic E-state index is 14.3. The van der Waals surface area contributed by atoms with Crippen molar-refractivity contribution in [1.29, 1.82) is 0 Å². The lowest BCUT2D eigenvalue weighted by Gasteiger charge is -2.34. The van der Waals surface area contributed by atoms with Gasteiger partial charge in [-0.25, -0.2) is 4.68 Å². The fourth-order valence-corrected chi connectivity index (χ4v) is 5.85. The number of benzene rings is 3. The highest BCUT2D eigenvalue weighted by molar-refractivity contribution is 6.06. The zero-order valence-corrected chi connectivity index (χ0v) is 28.2. The second-order valence-corrected chi connectivity index (χ2v) is 12.2. The van der Waals surface area contributed by atoms with Crippen molar-refractivity contribution >= 4 is 23.4 Å². The Kier molecular flexibility index (Phi) is 11.3. The Morgan fingerprint density at radius 2 is 1.62 bits per heavy atom. The molecular formula is C37H40F3N5O5. The molecule has 0 spiro atoms. The van der Waals surface area contributed by atoms with Crippen LogP contribution in [-0.2, 0) is 13.0 Å². The number of hydrogen-bond acceptors (Lipinski definition) is 6. The zero-order chi connectivity index (χ0) is 36.0. The molecule has 1 aliphatic rings. The standard InChI is InChI=1S/C37H40F3N5O5/c1-4-6-18-43(19-7-5-2)36(49)31-20-24(3)45(42-31)32-17-14-28(41-34(47)25-12-15-29(16-13-25)50-37(38,39)40)22-30(32)35(48)44-23-27-11-9-8-10-26(27)21-33(44)46/h8-17,20,22,33,46H,4-7,18-19,21,23H2,1-3H3,(H,41,47)/t33-/m1/s1. The van der Waals surface area contributed by atoms with Crippen LogP contribution in [0.1, 0.15) is 87.6 Å². The molecule has 1 aromatic heterocycles. The summed E-state index contributed by atoms with van der Waals surface area (Å²) >= 11 is 0. The van der Waals surface area contributed by atoms with Crippen molar-refractivity contribution in [3.8, 4) is 11.4 Å². The maximum absolute atomic E-state index is 14.3. The number of aliphatic hydroxyl groups excluding tert-OH is 1. The van der Waals surface area contributed by atoms with Crippen molar-refractivity contribution in [3.63, 3.8) is 0 Å². The van der Waals surface area contributed by atoms with Crippen LogP contribution in [0.2, 0.25) is 0 Å². The molecule has 10 nitrogen and oxygen atoms in total. The first-order valence-corrected chi connectivity index (χ1v) is 16.6. The molecule has 0 bridgehead atoms. The monoisotopic (exact) mass is 691 g/mol. The lowest BCUT2D eigenvalue weighted by Crippen LogP contribution is -2.44. The Morgan fingerprint density at radius 1 is 0.960 bits per heavy atom. The van der Waals surface area contributed by atoms with Crippen molar-refractivity contribution in [1.82, 2.24) is 19.6 Å². The summed E-state index contributed by atoms with van der Waals surface area (Å²) in [5.41, 5.74) is 3.35. The molecule has 4 aromatic rings. The van der Waals surface area contributed by atoms with Crippen LogP contribution < -0.4 is 10.1 Å². The molecule has 50 heavy (non-hydrogen) atoms. The normalized spacial score (nSPS) is 14.2. The molecule has 0 radical (unpaired) electrons. The number of nitrogens with one attached hydrogen (secondary N) is 1. The number of aliphatic hydroxyl groups is 1. The number of amides is 3. The summed E-state index contributed by atoms with van der Waals surface area (Å²) in [7, 11) is 0. The van der Waals surface area contributed by atoms with Gasteiger partial charge in [-0.05, 0) is 79.4 Å². The van der Waals surface area contributed by atoms with Crippen LogP contribution in [0.4, 0.5) is 18.9 Å². The smallest absolute Gasteiger partial charge is 0.406 e. The van der Waals surface area contributed by atoms with Gasteiger partial charge in [0.15, 0.2) is 5.69 Å². The summed E-state index contributed by atoms with van der Waals surface area (Å²) in [4.78, 5) is 44.2. The molecule has 0 saturated heterocycles. The summed E-state index contributed by atoms with van der Waals surface area (Å²) in [6.45, 7) is 7.25. The predicted octanol–water partition coefficient (Wildman–Crippen LogP) is 6.89. The highest BCUT2D eigenvalue weighted by Gasteiger charge is 2.32. The third-order valence-corrected chi connectivity index (χ3v) is 8.50. The van der Waals surface area contributed by atoms with Crippen LogP contribution >= 0.6 is 0 Å². The third-order valence-electron chi connectivity index (χ3n) is 8.50. The van der Waals surface area contributed by atoms with Gasteiger partial charge in [0.2, 0.25) is 0 Å². The molecule has 264 valence electrons. The van der Waals surface area contributed by atoms with Crippen LogP contribution in [-0.4, -0.2) is 68.1 Å². The Bertz CT molecular complexity index is 1830. The molecule has 1 atom stereocenters. The number of aryl methyl sites for hydroxylation is 1. The van der Waals surface area contributed by atoms with Gasteiger partial charge < -0.3 is 25.0 Å². The number of aromatic nitrogens is 2. The Morgan fingerprint density at radius 3 is 2.26 bits per heavy atom. The molecule has 13 heteroatoms. The molecule has 3 amide bonds. The number of rotatable bonds is 12. The fourth-order valence-electron chi connectivity index (χ4n) is 5.85. The van der Waals surface area contributed by atoms with E-state index in [1.807, 2.05) is 24.3 Å². The Balaban J connectivity index is 1.49. The molecule has 0 saturated carbocycles. The first-order chi connectivity index (χ1) is 23.9. The molecule has 5 rings (SSSR count). The van der Waals surface area contributed by atoms with Crippen LogP contribution in [0.5, 0.6) is 5.75 Å². The van der Waals surface area contributed by atoms with Gasteiger partial charge in [0.25, 0.3) is 17.7 Å². The molecule has 0 aliphatic carbocycles. The number of carbonyl (C=O) groups is 3. The quantitative estimate of drug-likeness (QED) is 0.167. The Hall–Kier alpha value is -5.17. The number of fused-ring (bicyclic) bond motifs is 1. The lowest BCUT2D eigenvalue weighted by atomic mass is 9.97. The summed E-state index contributed by atoms with van der Waals surface area (Å²) in [5.74, 6) is -1.84. The van der Waals surface area contributed by atoms with E-state index in [9.17, 15) is 32.7 Å². The number of anilines is 1. The minimum atomic E-state index is -4.87. The highest BCUT2D eigenvalue weighted by Crippen LogP contribution is 2.29. The van der Waals surface area contributed by atoms with Gasteiger partial charge >= 0.3 is 6.36 Å². The SMILES string of the molecule is CCCCN(CCCC)C(=O)c1cc(C)n(-c2ccc(NC(=O)c3ccc(OC(F)(F)F)cc3)cc2C(=O)N2Cc3ccccc3C[C@H]2O)n1. The minimum absolute atomic E-state index is 0.0568. The van der Waals surface area contributed by atoms with E-state index in [4.69, 9.17) is 0 Å². The van der Waals surface area contributed by atoms with E-state index in [1.165, 1.54) is 27.8 Å². The molecule has 3 aromatic carbocycles. The average molecular weight is 692 g/mol. The van der Waals surface area contributed by atoms with E-state index in [1.54, 1.807) is 30.0 Å². The van der Waals surface area contributed by atoms with Crippen LogP contribution in [0.25, 0.3) is 5.69 Å². The second kappa shape index (κ2) is 15.6. The molecule has 1 aliphatic heterocycles. The van der Waals surface area contributed by atoms with E-state index in [2.05, 4.69) is 29.0 Å². The van der Waals surface area contributed by atoms with E-state index < -0.39 is 30.2 Å². The van der Waals surface area contributed by atoms with Crippen molar-refractivity contribution in [2.45, 2.75) is 72.0 Å². The van der Waals surface area contributed by atoms with Crippen molar-refractivity contribution in [2.75, 3.05) is 18.4 Å². The second-order valence-electron chi connectivity index (χ2n) is 12.2. The number of hydrogen-bond donors (Lipinski definition) is 2. The maximum Gasteiger partial charge on any atom is 0.573 e. The number of alkyl halides is 3. The minimum Gasteiger partial charge on any atom is -0.406 e. The Labute approximate surface area is 288 Å². The van der Waals surface area contributed by atoms with Crippen LogP contribution in [0.3, 0.4) is 0 Å². The topological polar surface area (TPSA) is 117 Å². The third kappa shape index (κ3) is 8.51. The molecular weight excluding hydrogens is 651 g/mol. The van der Waals surface area contributed by atoms with Crippen LogP contribution in [0, 0.1) is 6.92 Å². The average Bonchev–Trinajstić information content (AvgIpc) is 3.48. The lowest BCUT2D eigenvalue weighted by molar-refractivity contribution is -0.274. The number of nitrogens with zero attached hydrogens (tertiary/aromatic N) is 4. The number of unbranched alkanes of at least 4 members (excludes halogenated alkanes) is 2. The van der Waals surface area contributed by atoms with Gasteiger partial charge in [-0.1, -0.05) is 51.0 Å². The van der Waals surface area contributed by atoms with E-state index in [0.717, 1.165) is 48.9 Å². The first-order valence-electron chi connectivity index (χ1n) is 16.6. The first kappa shape index (κ1) is 36.1. The predicted molar refractivity (Wildman–Crippen MR) is 181 cm³/mol. The van der Waals surface area contributed by atoms with Crippen molar-refractivity contribution in [2.24, 2.45) is 0 Å². The van der Waals surface area contributed by atoms with Crippen molar-refractivity contribution < 1.29 is 37.4 Å². The fraction of sp³-hybridized carbons (Fsp3) is 0.351.